The van der Waals surface area contributed by atoms with Gasteiger partial charge in [-0.3, -0.25) is 24.5 Å². The first-order valence-electron chi connectivity index (χ1n) is 11.6. The molecule has 2 aromatic carbocycles. The first-order chi connectivity index (χ1) is 17.5. The van der Waals surface area contributed by atoms with Gasteiger partial charge in [-0.1, -0.05) is 12.1 Å². The first kappa shape index (κ1) is 24.7. The molecule has 37 heavy (non-hydrogen) atoms. The number of amides is 4. The molecule has 1 saturated heterocycles. The minimum absolute atomic E-state index is 0.000807. The Hall–Kier alpha value is -3.96. The Morgan fingerprint density at radius 1 is 1.05 bits per heavy atom. The van der Waals surface area contributed by atoms with Gasteiger partial charge in [0.1, 0.15) is 17.6 Å². The van der Waals surface area contributed by atoms with Crippen molar-refractivity contribution in [2.45, 2.75) is 56.6 Å². The summed E-state index contributed by atoms with van der Waals surface area (Å²) < 4.78 is 62.4. The van der Waals surface area contributed by atoms with Crippen molar-refractivity contribution < 1.29 is 41.5 Å². The second-order valence-corrected chi connectivity index (χ2v) is 9.19. The average molecular weight is 519 g/mol. The molecule has 1 aliphatic carbocycles. The lowest BCUT2D eigenvalue weighted by Crippen LogP contribution is -2.52. The maximum Gasteiger partial charge on any atom is 0.412 e. The summed E-state index contributed by atoms with van der Waals surface area (Å²) in [6.45, 7) is -0.363. The lowest BCUT2D eigenvalue weighted by Gasteiger charge is -2.29. The highest BCUT2D eigenvalue weighted by Gasteiger charge is 2.44. The fourth-order valence-corrected chi connectivity index (χ4v) is 4.46. The molecule has 12 heteroatoms. The number of alkyl halides is 3. The number of nitrogens with zero attached hydrogens (tertiary/aromatic N) is 1. The highest BCUT2D eigenvalue weighted by Crippen LogP contribution is 2.36. The molecular weight excluding hydrogens is 498 g/mol. The summed E-state index contributed by atoms with van der Waals surface area (Å²) in [7, 11) is 0. The zero-order valence-electron chi connectivity index (χ0n) is 19.2. The first-order valence-corrected chi connectivity index (χ1v) is 11.6. The molecule has 8 nitrogen and oxygen atoms in total. The fourth-order valence-electron chi connectivity index (χ4n) is 4.46. The van der Waals surface area contributed by atoms with E-state index in [1.165, 1.54) is 24.3 Å². The molecule has 4 amide bonds. The SMILES string of the molecule is O=C1CCC(N2Cc3c(ccc(C(=O)N[C@H](c4ccc(OC5CC5)cc4)C(F)(F)F)c3F)C2=O)C(=O)N1. The van der Waals surface area contributed by atoms with Crippen LogP contribution in [-0.4, -0.2) is 46.9 Å². The van der Waals surface area contributed by atoms with E-state index in [-0.39, 0.29) is 42.2 Å². The van der Waals surface area contributed by atoms with Gasteiger partial charge in [0.05, 0.1) is 18.2 Å². The van der Waals surface area contributed by atoms with Crippen molar-refractivity contribution >= 4 is 23.6 Å². The number of piperidine rings is 1. The molecule has 2 fully saturated rings. The minimum Gasteiger partial charge on any atom is -0.490 e. The second-order valence-electron chi connectivity index (χ2n) is 9.19. The van der Waals surface area contributed by atoms with E-state index in [4.69, 9.17) is 4.74 Å². The van der Waals surface area contributed by atoms with Crippen LogP contribution < -0.4 is 15.4 Å². The van der Waals surface area contributed by atoms with Gasteiger partial charge in [-0.15, -0.1) is 0 Å². The number of rotatable bonds is 6. The summed E-state index contributed by atoms with van der Waals surface area (Å²) in [5, 5.41) is 3.97. The van der Waals surface area contributed by atoms with Crippen LogP contribution in [0.1, 0.15) is 63.6 Å². The molecule has 2 aliphatic heterocycles. The summed E-state index contributed by atoms with van der Waals surface area (Å²) in [6, 6.07) is 3.80. The summed E-state index contributed by atoms with van der Waals surface area (Å²) in [6.07, 6.45) is -3.00. The number of nitrogens with one attached hydrogen (secondary N) is 2. The lowest BCUT2D eigenvalue weighted by molar-refractivity contribution is -0.155. The van der Waals surface area contributed by atoms with E-state index >= 15 is 4.39 Å². The number of hydrogen-bond donors (Lipinski definition) is 2. The van der Waals surface area contributed by atoms with Crippen LogP contribution in [0, 0.1) is 5.82 Å². The minimum atomic E-state index is -4.87. The van der Waals surface area contributed by atoms with E-state index in [9.17, 15) is 32.3 Å². The van der Waals surface area contributed by atoms with Crippen molar-refractivity contribution in [3.05, 3.63) is 64.5 Å². The molecule has 1 unspecified atom stereocenters. The Bertz CT molecular complexity index is 1290. The number of fused-ring (bicyclic) bond motifs is 1. The van der Waals surface area contributed by atoms with Crippen LogP contribution in [0.15, 0.2) is 36.4 Å². The summed E-state index contributed by atoms with van der Waals surface area (Å²) >= 11 is 0. The second kappa shape index (κ2) is 9.16. The number of hydrogen-bond acceptors (Lipinski definition) is 5. The van der Waals surface area contributed by atoms with Crippen molar-refractivity contribution in [1.29, 1.82) is 0 Å². The lowest BCUT2D eigenvalue weighted by atomic mass is 10.0. The van der Waals surface area contributed by atoms with Crippen LogP contribution in [0.4, 0.5) is 17.6 Å². The monoisotopic (exact) mass is 519 g/mol. The topological polar surface area (TPSA) is 105 Å². The molecule has 1 saturated carbocycles. The van der Waals surface area contributed by atoms with Crippen LogP contribution in [0.25, 0.3) is 0 Å². The van der Waals surface area contributed by atoms with Gasteiger partial charge < -0.3 is 15.0 Å². The quantitative estimate of drug-likeness (QED) is 0.451. The zero-order chi connectivity index (χ0) is 26.5. The van der Waals surface area contributed by atoms with Crippen LogP contribution in [0.5, 0.6) is 5.75 Å². The third kappa shape index (κ3) is 4.87. The van der Waals surface area contributed by atoms with Gasteiger partial charge >= 0.3 is 6.18 Å². The van der Waals surface area contributed by atoms with Crippen molar-refractivity contribution in [2.75, 3.05) is 0 Å². The number of carbonyl (C=O) groups excluding carboxylic acids is 4. The van der Waals surface area contributed by atoms with Crippen LogP contribution in [0.3, 0.4) is 0 Å². The van der Waals surface area contributed by atoms with E-state index in [0.717, 1.165) is 29.9 Å². The van der Waals surface area contributed by atoms with E-state index in [0.29, 0.717) is 5.75 Å². The Balaban J connectivity index is 1.36. The Kier molecular flexibility index (Phi) is 6.12. The average Bonchev–Trinajstić information content (AvgIpc) is 3.59. The van der Waals surface area contributed by atoms with Gasteiger partial charge in [-0.2, -0.15) is 13.2 Å². The number of benzene rings is 2. The zero-order valence-corrected chi connectivity index (χ0v) is 19.2. The maximum atomic E-state index is 15.3. The van der Waals surface area contributed by atoms with Gasteiger partial charge in [0.25, 0.3) is 11.8 Å². The van der Waals surface area contributed by atoms with Gasteiger partial charge in [0.2, 0.25) is 11.8 Å². The number of carbonyl (C=O) groups is 4. The van der Waals surface area contributed by atoms with E-state index < -0.39 is 53.3 Å². The van der Waals surface area contributed by atoms with Gasteiger partial charge in [-0.25, -0.2) is 4.39 Å². The number of imide groups is 1. The summed E-state index contributed by atoms with van der Waals surface area (Å²) in [5.74, 6) is -3.90. The Labute approximate surface area is 207 Å². The standard InChI is InChI=1S/C25H21F4N3O5/c26-20-16(8-7-15-17(20)11-32(24(15)36)18-9-10-19(33)30-23(18)35)22(34)31-21(25(27,28)29)12-1-3-13(4-2-12)37-14-5-6-14/h1-4,7-8,14,18,21H,5-6,9-11H2,(H,31,34)(H,30,33,35)/t18?,21-/m1/s1. The molecule has 3 aliphatic rings. The number of ether oxygens (including phenoxy) is 1. The molecular formula is C25H21F4N3O5. The predicted molar refractivity (Wildman–Crippen MR) is 119 cm³/mol. The molecule has 5 rings (SSSR count). The Morgan fingerprint density at radius 2 is 1.76 bits per heavy atom. The molecule has 0 radical (unpaired) electrons. The fraction of sp³-hybridized carbons (Fsp3) is 0.360. The van der Waals surface area contributed by atoms with Crippen LogP contribution in [-0.2, 0) is 16.1 Å². The molecule has 0 bridgehead atoms. The van der Waals surface area contributed by atoms with E-state index in [1.807, 2.05) is 5.32 Å². The van der Waals surface area contributed by atoms with Crippen LogP contribution >= 0.6 is 0 Å². The molecule has 194 valence electrons. The van der Waals surface area contributed by atoms with Gasteiger partial charge in [-0.05, 0) is 49.1 Å². The molecule has 0 aromatic heterocycles. The highest BCUT2D eigenvalue weighted by molar-refractivity contribution is 6.06. The molecule has 2 atom stereocenters. The molecule has 0 spiro atoms. The smallest absolute Gasteiger partial charge is 0.412 e. The molecule has 2 aromatic rings. The van der Waals surface area contributed by atoms with Crippen molar-refractivity contribution in [2.24, 2.45) is 0 Å². The molecule has 2 N–H and O–H groups in total. The van der Waals surface area contributed by atoms with Crippen LogP contribution in [0.2, 0.25) is 0 Å². The summed E-state index contributed by atoms with van der Waals surface area (Å²) in [5.41, 5.74) is -1.23. The van der Waals surface area contributed by atoms with Crippen molar-refractivity contribution in [3.63, 3.8) is 0 Å². The van der Waals surface area contributed by atoms with Crippen molar-refractivity contribution in [3.8, 4) is 5.75 Å². The van der Waals surface area contributed by atoms with Gasteiger partial charge in [0.15, 0.2) is 6.04 Å². The Morgan fingerprint density at radius 3 is 2.38 bits per heavy atom. The largest absolute Gasteiger partial charge is 0.490 e. The molecule has 2 heterocycles. The van der Waals surface area contributed by atoms with Crippen molar-refractivity contribution in [1.82, 2.24) is 15.5 Å². The van der Waals surface area contributed by atoms with E-state index in [2.05, 4.69) is 5.32 Å². The normalized spacial score (nSPS) is 20.4. The summed E-state index contributed by atoms with van der Waals surface area (Å²) in [4.78, 5) is 50.2. The third-order valence-corrected chi connectivity index (χ3v) is 6.54. The highest BCUT2D eigenvalue weighted by atomic mass is 19.4. The van der Waals surface area contributed by atoms with Gasteiger partial charge in [0, 0.05) is 17.5 Å². The number of halogens is 4. The van der Waals surface area contributed by atoms with E-state index in [1.54, 1.807) is 0 Å². The third-order valence-electron chi connectivity index (χ3n) is 6.54. The maximum absolute atomic E-state index is 15.3. The predicted octanol–water partition coefficient (Wildman–Crippen LogP) is 3.16.